The van der Waals surface area contributed by atoms with Crippen LogP contribution in [0.4, 0.5) is 0 Å². The average Bonchev–Trinajstić information content (AvgIpc) is 2.82. The molecule has 4 heteroatoms. The molecule has 0 radical (unpaired) electrons. The van der Waals surface area contributed by atoms with Gasteiger partial charge in [0.05, 0.1) is 6.54 Å². The molecule has 1 saturated carbocycles. The predicted molar refractivity (Wildman–Crippen MR) is 140 cm³/mol. The summed E-state index contributed by atoms with van der Waals surface area (Å²) in [6.45, 7) is 20.2. The number of amides is 1. The lowest BCUT2D eigenvalue weighted by Gasteiger charge is -2.44. The van der Waals surface area contributed by atoms with Crippen LogP contribution in [0.15, 0.2) is 67.3 Å². The Labute approximate surface area is 206 Å². The van der Waals surface area contributed by atoms with Crippen LogP contribution in [0.25, 0.3) is 6.08 Å². The Kier molecular flexibility index (Phi) is 9.10. The summed E-state index contributed by atoms with van der Waals surface area (Å²) in [5, 5.41) is 1.45. The summed E-state index contributed by atoms with van der Waals surface area (Å²) in [6.07, 6.45) is 11.0. The maximum Gasteiger partial charge on any atom is 0.270 e. The number of benzene rings is 1. The molecule has 0 aromatic heterocycles. The topological polar surface area (TPSA) is 38.8 Å². The Morgan fingerprint density at radius 3 is 2.74 bits per heavy atom. The minimum Gasteiger partial charge on any atom is -0.350 e. The third-order valence-electron chi connectivity index (χ3n) is 7.42. The molecule has 2 aliphatic rings. The van der Waals surface area contributed by atoms with Crippen molar-refractivity contribution in [3.8, 4) is 0 Å². The van der Waals surface area contributed by atoms with Crippen molar-refractivity contribution in [3.05, 3.63) is 78.4 Å². The number of carbonyl (C=O) groups is 1. The molecule has 184 valence electrons. The van der Waals surface area contributed by atoms with Crippen LogP contribution in [0.3, 0.4) is 0 Å². The predicted octanol–water partition coefficient (Wildman–Crippen LogP) is 7.04. The number of hydrogen-bond donors (Lipinski definition) is 0. The highest BCUT2D eigenvalue weighted by Crippen LogP contribution is 2.48. The Morgan fingerprint density at radius 1 is 1.29 bits per heavy atom. The van der Waals surface area contributed by atoms with Gasteiger partial charge in [0.1, 0.15) is 0 Å². The van der Waals surface area contributed by atoms with Crippen LogP contribution in [0, 0.1) is 24.2 Å². The molecule has 34 heavy (non-hydrogen) atoms. The van der Waals surface area contributed by atoms with E-state index in [-0.39, 0.29) is 11.3 Å². The number of hydroxylamine groups is 2. The van der Waals surface area contributed by atoms with Crippen LogP contribution in [-0.4, -0.2) is 30.4 Å². The van der Waals surface area contributed by atoms with E-state index < -0.39 is 6.29 Å². The number of nitrogens with zero attached hydrogens (tertiary/aromatic N) is 1. The van der Waals surface area contributed by atoms with E-state index in [2.05, 4.69) is 45.7 Å². The van der Waals surface area contributed by atoms with E-state index in [0.717, 1.165) is 55.2 Å². The fraction of sp³-hybridized carbons (Fsp3) is 0.500. The van der Waals surface area contributed by atoms with E-state index in [9.17, 15) is 4.79 Å². The van der Waals surface area contributed by atoms with Gasteiger partial charge >= 0.3 is 0 Å². The minimum absolute atomic E-state index is 0.0567. The van der Waals surface area contributed by atoms with Gasteiger partial charge in [0.25, 0.3) is 5.91 Å². The van der Waals surface area contributed by atoms with Crippen molar-refractivity contribution in [2.45, 2.75) is 65.6 Å². The molecule has 0 bridgehead atoms. The molecule has 3 rings (SSSR count). The SMILES string of the molecule is C=C[C@]1(C)CC[C@@H](C(=C)CN(OC2CCCCO2)C(=O)/C=C/c2cccc(C)c2)C[C@H]1C(=C)C. The summed E-state index contributed by atoms with van der Waals surface area (Å²) in [6, 6.07) is 8.07. The number of allylic oxidation sites excluding steroid dienone is 2. The Balaban J connectivity index is 1.72. The van der Waals surface area contributed by atoms with E-state index >= 15 is 0 Å². The first-order valence-electron chi connectivity index (χ1n) is 12.5. The quantitative estimate of drug-likeness (QED) is 0.224. The summed E-state index contributed by atoms with van der Waals surface area (Å²) < 4.78 is 5.76. The summed E-state index contributed by atoms with van der Waals surface area (Å²) >= 11 is 0. The normalized spacial score (nSPS) is 27.3. The summed E-state index contributed by atoms with van der Waals surface area (Å²) in [4.78, 5) is 19.3. The number of rotatable bonds is 9. The minimum atomic E-state index is -0.392. The highest BCUT2D eigenvalue weighted by atomic mass is 16.8. The number of hydrogen-bond acceptors (Lipinski definition) is 3. The molecule has 1 amide bonds. The Hall–Kier alpha value is -2.43. The van der Waals surface area contributed by atoms with Gasteiger partial charge in [-0.2, -0.15) is 0 Å². The maximum atomic E-state index is 13.2. The second-order valence-electron chi connectivity index (χ2n) is 10.3. The monoisotopic (exact) mass is 463 g/mol. The molecule has 1 aliphatic heterocycles. The first-order valence-corrected chi connectivity index (χ1v) is 12.5. The van der Waals surface area contributed by atoms with E-state index in [1.807, 2.05) is 31.2 Å². The smallest absolute Gasteiger partial charge is 0.270 e. The third-order valence-corrected chi connectivity index (χ3v) is 7.42. The molecule has 1 aromatic carbocycles. The molecule has 1 saturated heterocycles. The van der Waals surface area contributed by atoms with Crippen LogP contribution in [-0.2, 0) is 14.4 Å². The Morgan fingerprint density at radius 2 is 2.09 bits per heavy atom. The van der Waals surface area contributed by atoms with Crippen molar-refractivity contribution in [1.29, 1.82) is 0 Å². The van der Waals surface area contributed by atoms with Crippen LogP contribution >= 0.6 is 0 Å². The molecular formula is C30H41NO3. The lowest BCUT2D eigenvalue weighted by Crippen LogP contribution is -2.40. The largest absolute Gasteiger partial charge is 0.350 e. The molecule has 0 spiro atoms. The van der Waals surface area contributed by atoms with Gasteiger partial charge < -0.3 is 4.74 Å². The zero-order valence-corrected chi connectivity index (χ0v) is 21.2. The van der Waals surface area contributed by atoms with E-state index in [0.29, 0.717) is 25.0 Å². The van der Waals surface area contributed by atoms with Crippen molar-refractivity contribution < 1.29 is 14.4 Å². The standard InChI is InChI=1S/C30H41NO3/c1-7-30(6)17-16-26(20-27(30)22(2)3)24(5)21-31(34-29-13-8-9-18-33-29)28(32)15-14-25-12-10-11-23(4)19-25/h7,10-12,14-15,19,26-27,29H,1-2,5,8-9,13,16-18,20-21H2,3-4,6H3/b15-14+/t26-,27+,29?,30-/m1/s1. The van der Waals surface area contributed by atoms with Gasteiger partial charge in [0, 0.05) is 19.1 Å². The van der Waals surface area contributed by atoms with Crippen molar-refractivity contribution in [2.24, 2.45) is 17.3 Å². The van der Waals surface area contributed by atoms with Gasteiger partial charge in [0.15, 0.2) is 6.29 Å². The van der Waals surface area contributed by atoms with Gasteiger partial charge in [-0.3, -0.25) is 4.79 Å². The first kappa shape index (κ1) is 26.2. The number of aryl methyl sites for hydroxylation is 1. The van der Waals surface area contributed by atoms with Gasteiger partial charge in [-0.1, -0.05) is 67.1 Å². The molecule has 0 N–H and O–H groups in total. The molecular weight excluding hydrogens is 422 g/mol. The zero-order valence-electron chi connectivity index (χ0n) is 21.2. The lowest BCUT2D eigenvalue weighted by atomic mass is 9.61. The van der Waals surface area contributed by atoms with Crippen LogP contribution in [0.1, 0.15) is 63.5 Å². The molecule has 1 heterocycles. The van der Waals surface area contributed by atoms with Crippen molar-refractivity contribution in [1.82, 2.24) is 5.06 Å². The molecule has 1 unspecified atom stereocenters. The second-order valence-corrected chi connectivity index (χ2v) is 10.3. The van der Waals surface area contributed by atoms with Gasteiger partial charge in [0.2, 0.25) is 0 Å². The number of carbonyl (C=O) groups excluding carboxylic acids is 1. The second kappa shape index (κ2) is 11.8. The van der Waals surface area contributed by atoms with E-state index in [1.165, 1.54) is 10.6 Å². The molecule has 1 aliphatic carbocycles. The molecule has 1 aromatic rings. The highest BCUT2D eigenvalue weighted by Gasteiger charge is 2.39. The summed E-state index contributed by atoms with van der Waals surface area (Å²) in [5.74, 6) is 0.468. The van der Waals surface area contributed by atoms with Gasteiger partial charge in [-0.15, -0.1) is 6.58 Å². The van der Waals surface area contributed by atoms with Gasteiger partial charge in [-0.25, -0.2) is 9.90 Å². The van der Waals surface area contributed by atoms with Gasteiger partial charge in [-0.05, 0) is 74.8 Å². The summed E-state index contributed by atoms with van der Waals surface area (Å²) in [5.41, 5.74) is 4.40. The third kappa shape index (κ3) is 6.80. The molecule has 4 nitrogen and oxygen atoms in total. The lowest BCUT2D eigenvalue weighted by molar-refractivity contribution is -0.275. The molecule has 2 fully saturated rings. The van der Waals surface area contributed by atoms with Crippen molar-refractivity contribution >= 4 is 12.0 Å². The number of ether oxygens (including phenoxy) is 1. The fourth-order valence-corrected chi connectivity index (χ4v) is 5.15. The Bertz CT molecular complexity index is 927. The zero-order chi connectivity index (χ0) is 24.7. The first-order chi connectivity index (χ1) is 16.2. The van der Waals surface area contributed by atoms with Crippen LogP contribution < -0.4 is 0 Å². The van der Waals surface area contributed by atoms with E-state index in [1.54, 1.807) is 6.08 Å². The van der Waals surface area contributed by atoms with E-state index in [4.69, 9.17) is 9.57 Å². The van der Waals surface area contributed by atoms with Crippen molar-refractivity contribution in [3.63, 3.8) is 0 Å². The average molecular weight is 464 g/mol. The molecule has 4 atom stereocenters. The van der Waals surface area contributed by atoms with Crippen LogP contribution in [0.5, 0.6) is 0 Å². The fourth-order valence-electron chi connectivity index (χ4n) is 5.15. The maximum absolute atomic E-state index is 13.2. The van der Waals surface area contributed by atoms with Crippen LogP contribution in [0.2, 0.25) is 0 Å². The van der Waals surface area contributed by atoms with Crippen molar-refractivity contribution in [2.75, 3.05) is 13.2 Å². The highest BCUT2D eigenvalue weighted by molar-refractivity contribution is 5.91. The summed E-state index contributed by atoms with van der Waals surface area (Å²) in [7, 11) is 0.